The number of pyridine rings is 1. The number of nitrogens with one attached hydrogen (secondary N) is 1. The number of fused-ring (bicyclic) bond motifs is 1. The molecule has 2 aromatic heterocycles. The summed E-state index contributed by atoms with van der Waals surface area (Å²) in [6.45, 7) is 3.62. The van der Waals surface area contributed by atoms with Gasteiger partial charge in [0.2, 0.25) is 0 Å². The molecule has 38 heavy (non-hydrogen) atoms. The molecule has 0 bridgehead atoms. The van der Waals surface area contributed by atoms with Gasteiger partial charge in [0.25, 0.3) is 5.91 Å². The van der Waals surface area contributed by atoms with Gasteiger partial charge in [0, 0.05) is 50.9 Å². The molecule has 0 radical (unpaired) electrons. The molecule has 2 fully saturated rings. The van der Waals surface area contributed by atoms with Gasteiger partial charge in [-0.05, 0) is 49.9 Å². The molecule has 2 aliphatic heterocycles. The number of nitrogens with two attached hydrogens (primary N) is 1. The Morgan fingerprint density at radius 2 is 1.82 bits per heavy atom. The highest BCUT2D eigenvalue weighted by Gasteiger charge is 2.38. The molecule has 10 nitrogen and oxygen atoms in total. The topological polar surface area (TPSA) is 130 Å². The number of aliphatic carboxylic acids is 1. The molecule has 13 heteroatoms. The molecule has 0 saturated carbocycles. The zero-order chi connectivity index (χ0) is 27.4. The van der Waals surface area contributed by atoms with Gasteiger partial charge in [-0.15, -0.1) is 0 Å². The van der Waals surface area contributed by atoms with Crippen LogP contribution in [0.2, 0.25) is 0 Å². The first-order valence-electron chi connectivity index (χ1n) is 12.3. The Morgan fingerprint density at radius 1 is 1.11 bits per heavy atom. The van der Waals surface area contributed by atoms with Crippen LogP contribution >= 0.6 is 0 Å². The van der Waals surface area contributed by atoms with Gasteiger partial charge in [-0.2, -0.15) is 18.3 Å². The number of aryl methyl sites for hydroxylation is 1. The van der Waals surface area contributed by atoms with Crippen LogP contribution < -0.4 is 20.9 Å². The molecule has 1 atom stereocenters. The van der Waals surface area contributed by atoms with E-state index in [1.54, 1.807) is 6.07 Å². The maximum absolute atomic E-state index is 13.2. The van der Waals surface area contributed by atoms with E-state index >= 15 is 0 Å². The fourth-order valence-corrected chi connectivity index (χ4v) is 4.59. The highest BCUT2D eigenvalue weighted by Crippen LogP contribution is 2.33. The number of halogens is 3. The van der Waals surface area contributed by atoms with Crippen LogP contribution in [-0.2, 0) is 11.8 Å². The number of alkyl halides is 3. The summed E-state index contributed by atoms with van der Waals surface area (Å²) < 4.78 is 33.5. The molecule has 0 unspecified atom stereocenters. The Kier molecular flexibility index (Phi) is 8.05. The molecule has 2 aliphatic rings. The van der Waals surface area contributed by atoms with Gasteiger partial charge < -0.3 is 26.0 Å². The predicted molar refractivity (Wildman–Crippen MR) is 137 cm³/mol. The Hall–Kier alpha value is -3.87. The van der Waals surface area contributed by atoms with E-state index in [0.29, 0.717) is 5.69 Å². The number of aromatic nitrogens is 3. The lowest BCUT2D eigenvalue weighted by atomic mass is 10.1. The number of carbonyl (C=O) groups excluding carboxylic acids is 1. The fraction of sp³-hybridized carbons (Fsp3) is 0.440. The zero-order valence-corrected chi connectivity index (χ0v) is 20.9. The minimum absolute atomic E-state index is 0.164. The van der Waals surface area contributed by atoms with E-state index in [9.17, 15) is 18.0 Å². The minimum Gasteiger partial charge on any atom is -0.475 e. The summed E-state index contributed by atoms with van der Waals surface area (Å²) in [4.78, 5) is 31.2. The van der Waals surface area contributed by atoms with E-state index in [-0.39, 0.29) is 11.9 Å². The van der Waals surface area contributed by atoms with Crippen molar-refractivity contribution in [2.24, 2.45) is 12.8 Å². The fourth-order valence-electron chi connectivity index (χ4n) is 4.59. The summed E-state index contributed by atoms with van der Waals surface area (Å²) in [6.07, 6.45) is 1.41. The first kappa shape index (κ1) is 27.2. The number of anilines is 3. The van der Waals surface area contributed by atoms with Crippen molar-refractivity contribution in [3.05, 3.63) is 42.2 Å². The lowest BCUT2D eigenvalue weighted by molar-refractivity contribution is -0.192. The highest BCUT2D eigenvalue weighted by atomic mass is 19.4. The number of carboxylic acid groups (broad SMARTS) is 1. The van der Waals surface area contributed by atoms with Crippen LogP contribution in [0.5, 0.6) is 0 Å². The number of benzene rings is 1. The summed E-state index contributed by atoms with van der Waals surface area (Å²) in [7, 11) is 1.92. The normalized spacial score (nSPS) is 17.8. The van der Waals surface area contributed by atoms with E-state index in [4.69, 9.17) is 15.6 Å². The number of carbonyl (C=O) groups is 2. The van der Waals surface area contributed by atoms with Gasteiger partial charge in [0.1, 0.15) is 11.5 Å². The number of rotatable bonds is 4. The molecule has 1 amide bonds. The lowest BCUT2D eigenvalue weighted by Crippen LogP contribution is -2.30. The maximum Gasteiger partial charge on any atom is 0.490 e. The largest absolute Gasteiger partial charge is 0.490 e. The van der Waals surface area contributed by atoms with Gasteiger partial charge in [0.05, 0.1) is 16.9 Å². The third-order valence-corrected chi connectivity index (χ3v) is 6.44. The number of piperidine rings is 1. The Morgan fingerprint density at radius 3 is 2.45 bits per heavy atom. The lowest BCUT2D eigenvalue weighted by Gasteiger charge is -2.30. The van der Waals surface area contributed by atoms with E-state index in [1.807, 2.05) is 36.1 Å². The van der Waals surface area contributed by atoms with Crippen LogP contribution in [0.25, 0.3) is 10.9 Å². The third-order valence-electron chi connectivity index (χ3n) is 6.44. The van der Waals surface area contributed by atoms with Crippen LogP contribution in [0.3, 0.4) is 0 Å². The number of carboxylic acids is 1. The molecule has 4 N–H and O–H groups in total. The second-order valence-electron chi connectivity index (χ2n) is 9.41. The van der Waals surface area contributed by atoms with Gasteiger partial charge in [-0.25, -0.2) is 9.78 Å². The zero-order valence-electron chi connectivity index (χ0n) is 20.9. The summed E-state index contributed by atoms with van der Waals surface area (Å²) in [5, 5.41) is 15.8. The van der Waals surface area contributed by atoms with Crippen molar-refractivity contribution in [1.82, 2.24) is 14.8 Å². The SMILES string of the molecule is Cn1cc2cc(NC(=O)c3cccc(N4CC[C@H](N)C4)n3)c(N3CCCCC3)cc2n1.O=C(O)C(F)(F)F. The average Bonchev–Trinajstić information content (AvgIpc) is 3.48. The van der Waals surface area contributed by atoms with Gasteiger partial charge in [0.15, 0.2) is 0 Å². The Balaban J connectivity index is 0.000000426. The minimum atomic E-state index is -5.08. The quantitative estimate of drug-likeness (QED) is 0.466. The van der Waals surface area contributed by atoms with Crippen molar-refractivity contribution in [2.45, 2.75) is 37.9 Å². The van der Waals surface area contributed by atoms with E-state index < -0.39 is 12.1 Å². The van der Waals surface area contributed by atoms with Gasteiger partial charge in [-0.3, -0.25) is 9.48 Å². The van der Waals surface area contributed by atoms with Gasteiger partial charge in [-0.1, -0.05) is 6.07 Å². The number of hydrogen-bond acceptors (Lipinski definition) is 7. The van der Waals surface area contributed by atoms with E-state index in [2.05, 4.69) is 31.3 Å². The third kappa shape index (κ3) is 6.52. The summed E-state index contributed by atoms with van der Waals surface area (Å²) in [5.74, 6) is -2.15. The Labute approximate surface area is 217 Å². The molecule has 0 spiro atoms. The second kappa shape index (κ2) is 11.3. The van der Waals surface area contributed by atoms with Crippen molar-refractivity contribution in [2.75, 3.05) is 41.3 Å². The molecule has 0 aliphatic carbocycles. The van der Waals surface area contributed by atoms with Gasteiger partial charge >= 0.3 is 12.1 Å². The van der Waals surface area contributed by atoms with Crippen LogP contribution in [0.15, 0.2) is 36.5 Å². The standard InChI is InChI=1S/C23H29N7O.C2HF3O2/c1-28-14-16-12-20(21(13-19(16)27-28)29-9-3-2-4-10-29)26-23(31)18-6-5-7-22(25-18)30-11-8-17(24)15-30;3-2(4,5)1(6)7/h5-7,12-14,17H,2-4,8-11,15,24H2,1H3,(H,26,31);(H,6,7)/t17-;/m0./s1. The van der Waals surface area contributed by atoms with Crippen LogP contribution in [-0.4, -0.2) is 70.1 Å². The van der Waals surface area contributed by atoms with Crippen molar-refractivity contribution in [3.63, 3.8) is 0 Å². The first-order valence-corrected chi connectivity index (χ1v) is 12.3. The van der Waals surface area contributed by atoms with Crippen LogP contribution in [0, 0.1) is 0 Å². The molecule has 2 saturated heterocycles. The molecule has 1 aromatic carbocycles. The molecular weight excluding hydrogens is 503 g/mol. The predicted octanol–water partition coefficient (Wildman–Crippen LogP) is 3.38. The second-order valence-corrected chi connectivity index (χ2v) is 9.41. The van der Waals surface area contributed by atoms with Crippen LogP contribution in [0.4, 0.5) is 30.4 Å². The monoisotopic (exact) mass is 533 g/mol. The summed E-state index contributed by atoms with van der Waals surface area (Å²) in [6, 6.07) is 9.86. The van der Waals surface area contributed by atoms with Crippen molar-refractivity contribution >= 4 is 40.0 Å². The molecule has 204 valence electrons. The van der Waals surface area contributed by atoms with Crippen molar-refractivity contribution < 1.29 is 27.9 Å². The van der Waals surface area contributed by atoms with Crippen molar-refractivity contribution in [3.8, 4) is 0 Å². The number of nitrogens with zero attached hydrogens (tertiary/aromatic N) is 5. The molecular formula is C25H30F3N7O3. The number of hydrogen-bond donors (Lipinski definition) is 3. The molecule has 5 rings (SSSR count). The van der Waals surface area contributed by atoms with E-state index in [1.165, 1.54) is 6.42 Å². The van der Waals surface area contributed by atoms with Crippen molar-refractivity contribution in [1.29, 1.82) is 0 Å². The summed E-state index contributed by atoms with van der Waals surface area (Å²) >= 11 is 0. The first-order chi connectivity index (χ1) is 18.0. The molecule has 3 aromatic rings. The van der Waals surface area contributed by atoms with E-state index in [0.717, 1.165) is 73.5 Å². The van der Waals surface area contributed by atoms with Crippen LogP contribution in [0.1, 0.15) is 36.2 Å². The summed E-state index contributed by atoms with van der Waals surface area (Å²) in [5.41, 5.74) is 9.22. The number of amides is 1. The smallest absolute Gasteiger partial charge is 0.475 e. The Bertz CT molecular complexity index is 1310. The highest BCUT2D eigenvalue weighted by molar-refractivity contribution is 6.06. The average molecular weight is 534 g/mol. The maximum atomic E-state index is 13.2. The molecule has 4 heterocycles.